The average molecular weight is 454 g/mol. The molecule has 1 amide bonds. The second-order valence-corrected chi connectivity index (χ2v) is 10.3. The molecule has 9 heteroatoms. The monoisotopic (exact) mass is 453 g/mol. The van der Waals surface area contributed by atoms with Gasteiger partial charge in [-0.3, -0.25) is 10.2 Å². The minimum atomic E-state index is -3.64. The summed E-state index contributed by atoms with van der Waals surface area (Å²) in [5, 5.41) is 0. The van der Waals surface area contributed by atoms with Gasteiger partial charge in [0.2, 0.25) is 10.0 Å². The number of hydrogen-bond donors (Lipinski definition) is 1. The Morgan fingerprint density at radius 3 is 2.41 bits per heavy atom. The molecule has 0 aliphatic carbocycles. The summed E-state index contributed by atoms with van der Waals surface area (Å²) in [6.45, 7) is 2.76. The molecule has 0 unspecified atom stereocenters. The summed E-state index contributed by atoms with van der Waals surface area (Å²) in [4.78, 5) is 20.0. The fourth-order valence-electron chi connectivity index (χ4n) is 4.56. The van der Waals surface area contributed by atoms with Gasteiger partial charge in [0.1, 0.15) is 6.33 Å². The van der Waals surface area contributed by atoms with Gasteiger partial charge in [-0.1, -0.05) is 18.6 Å². The van der Waals surface area contributed by atoms with Crippen LogP contribution >= 0.6 is 0 Å². The van der Waals surface area contributed by atoms with E-state index >= 15 is 0 Å². The van der Waals surface area contributed by atoms with Gasteiger partial charge >= 0.3 is 0 Å². The van der Waals surface area contributed by atoms with Gasteiger partial charge in [-0.05, 0) is 56.0 Å². The molecule has 2 saturated heterocycles. The van der Waals surface area contributed by atoms with Gasteiger partial charge in [-0.2, -0.15) is 4.31 Å². The summed E-state index contributed by atoms with van der Waals surface area (Å²) in [6, 6.07) is 12.5. The first-order valence-electron chi connectivity index (χ1n) is 11.2. The van der Waals surface area contributed by atoms with Crippen LogP contribution in [0.25, 0.3) is 11.0 Å². The zero-order valence-electron chi connectivity index (χ0n) is 17.9. The van der Waals surface area contributed by atoms with Gasteiger partial charge in [0.05, 0.1) is 21.5 Å². The molecule has 2 aliphatic heterocycles. The second kappa shape index (κ2) is 8.55. The Morgan fingerprint density at radius 1 is 0.906 bits per heavy atom. The van der Waals surface area contributed by atoms with Crippen molar-refractivity contribution in [3.8, 4) is 0 Å². The minimum absolute atomic E-state index is 0.169. The van der Waals surface area contributed by atoms with Crippen molar-refractivity contribution in [3.63, 3.8) is 0 Å². The Labute approximate surface area is 187 Å². The van der Waals surface area contributed by atoms with Gasteiger partial charge < -0.3 is 4.90 Å². The Kier molecular flexibility index (Phi) is 5.60. The molecule has 0 bridgehead atoms. The van der Waals surface area contributed by atoms with Crippen LogP contribution in [0.2, 0.25) is 0 Å². The van der Waals surface area contributed by atoms with E-state index in [0.29, 0.717) is 18.7 Å². The summed E-state index contributed by atoms with van der Waals surface area (Å²) >= 11 is 0. The molecule has 2 aliphatic rings. The molecule has 0 spiro atoms. The summed E-state index contributed by atoms with van der Waals surface area (Å²) in [5.41, 5.74) is 5.56. The lowest BCUT2D eigenvalue weighted by Crippen LogP contribution is -2.36. The van der Waals surface area contributed by atoms with Crippen LogP contribution in [0.4, 0.5) is 5.69 Å². The van der Waals surface area contributed by atoms with E-state index in [0.717, 1.165) is 61.9 Å². The van der Waals surface area contributed by atoms with Crippen molar-refractivity contribution in [2.45, 2.75) is 37.0 Å². The number of para-hydroxylation sites is 2. The number of sulfonamides is 1. The minimum Gasteiger partial charge on any atom is -0.371 e. The molecule has 3 aromatic rings. The number of piperidine rings is 1. The van der Waals surface area contributed by atoms with Crippen molar-refractivity contribution in [2.24, 2.45) is 0 Å². The number of rotatable bonds is 5. The maximum atomic E-state index is 13.4. The van der Waals surface area contributed by atoms with Crippen LogP contribution < -0.4 is 10.3 Å². The Balaban J connectivity index is 1.52. The van der Waals surface area contributed by atoms with Crippen LogP contribution in [0.5, 0.6) is 0 Å². The lowest BCUT2D eigenvalue weighted by molar-refractivity contribution is 0.101. The molecule has 168 valence electrons. The predicted molar refractivity (Wildman–Crippen MR) is 124 cm³/mol. The molecular formula is C23H27N5O3S. The first kappa shape index (κ1) is 21.0. The van der Waals surface area contributed by atoms with Gasteiger partial charge in [-0.15, -0.1) is 0 Å². The highest BCUT2D eigenvalue weighted by molar-refractivity contribution is 7.89. The number of nitrogens with zero attached hydrogens (tertiary/aromatic N) is 4. The van der Waals surface area contributed by atoms with Crippen LogP contribution in [0.3, 0.4) is 0 Å². The number of benzene rings is 2. The molecule has 8 nitrogen and oxygen atoms in total. The van der Waals surface area contributed by atoms with E-state index in [2.05, 4.69) is 15.3 Å². The van der Waals surface area contributed by atoms with E-state index < -0.39 is 10.0 Å². The first-order valence-corrected chi connectivity index (χ1v) is 12.6. The highest BCUT2D eigenvalue weighted by atomic mass is 32.2. The normalized spacial score (nSPS) is 17.7. The lowest BCUT2D eigenvalue weighted by Gasteiger charge is -2.27. The molecule has 1 N–H and O–H groups in total. The lowest BCUT2D eigenvalue weighted by atomic mass is 10.1. The third kappa shape index (κ3) is 3.86. The van der Waals surface area contributed by atoms with Crippen molar-refractivity contribution >= 4 is 32.7 Å². The van der Waals surface area contributed by atoms with E-state index in [9.17, 15) is 13.2 Å². The van der Waals surface area contributed by atoms with Crippen molar-refractivity contribution < 1.29 is 13.2 Å². The fourth-order valence-corrected chi connectivity index (χ4v) is 6.11. The number of amides is 1. The summed E-state index contributed by atoms with van der Waals surface area (Å²) in [6.07, 6.45) is 6.46. The first-order chi connectivity index (χ1) is 15.5. The highest BCUT2D eigenvalue weighted by Crippen LogP contribution is 2.29. The molecule has 0 saturated carbocycles. The fraction of sp³-hybridized carbons (Fsp3) is 0.391. The third-order valence-electron chi connectivity index (χ3n) is 6.29. The maximum Gasteiger partial charge on any atom is 0.272 e. The van der Waals surface area contributed by atoms with E-state index in [1.165, 1.54) is 10.4 Å². The number of aromatic nitrogens is 2. The molecule has 5 rings (SSSR count). The number of imidazole rings is 1. The van der Waals surface area contributed by atoms with E-state index in [1.54, 1.807) is 23.1 Å². The number of anilines is 1. The summed E-state index contributed by atoms with van der Waals surface area (Å²) in [5.74, 6) is -0.356. The van der Waals surface area contributed by atoms with Crippen LogP contribution in [0.15, 0.2) is 53.7 Å². The molecule has 0 atom stereocenters. The van der Waals surface area contributed by atoms with Crippen LogP contribution in [-0.4, -0.2) is 54.5 Å². The number of hydrogen-bond acceptors (Lipinski definition) is 5. The SMILES string of the molecule is O=C(Nn1cnc2ccccc21)c1cc(S(=O)(=O)N2CCCCC2)ccc1N1CCCC1. The van der Waals surface area contributed by atoms with Gasteiger partial charge in [-0.25, -0.2) is 18.1 Å². The van der Waals surface area contributed by atoms with Crippen molar-refractivity contribution in [2.75, 3.05) is 36.5 Å². The van der Waals surface area contributed by atoms with Crippen LogP contribution in [0.1, 0.15) is 42.5 Å². The molecule has 1 aromatic heterocycles. The largest absolute Gasteiger partial charge is 0.371 e. The predicted octanol–water partition coefficient (Wildman–Crippen LogP) is 3.20. The standard InChI is InChI=1S/C23H27N5O3S/c29-23(25-28-17-24-20-8-2-3-9-22(20)28)19-16-18(10-11-21(19)26-12-6-7-13-26)32(30,31)27-14-4-1-5-15-27/h2-3,8-11,16-17H,1,4-7,12-15H2,(H,25,29). The van der Waals surface area contributed by atoms with Crippen molar-refractivity contribution in [1.29, 1.82) is 0 Å². The average Bonchev–Trinajstić information content (AvgIpc) is 3.50. The van der Waals surface area contributed by atoms with Gasteiger partial charge in [0.15, 0.2) is 0 Å². The third-order valence-corrected chi connectivity index (χ3v) is 8.18. The van der Waals surface area contributed by atoms with Crippen molar-refractivity contribution in [1.82, 2.24) is 14.0 Å². The highest BCUT2D eigenvalue weighted by Gasteiger charge is 2.29. The molecule has 2 fully saturated rings. The van der Waals surface area contributed by atoms with Gasteiger partial charge in [0, 0.05) is 31.9 Å². The van der Waals surface area contributed by atoms with Crippen molar-refractivity contribution in [3.05, 3.63) is 54.4 Å². The Morgan fingerprint density at radius 2 is 1.62 bits per heavy atom. The summed E-state index contributed by atoms with van der Waals surface area (Å²) in [7, 11) is -3.64. The second-order valence-electron chi connectivity index (χ2n) is 8.38. The topological polar surface area (TPSA) is 87.5 Å². The zero-order valence-corrected chi connectivity index (χ0v) is 18.7. The Bertz CT molecular complexity index is 1240. The number of fused-ring (bicyclic) bond motifs is 1. The van der Waals surface area contributed by atoms with Gasteiger partial charge in [0.25, 0.3) is 5.91 Å². The Hall–Kier alpha value is -2.91. The number of carbonyl (C=O) groups excluding carboxylic acids is 1. The smallest absolute Gasteiger partial charge is 0.272 e. The maximum absolute atomic E-state index is 13.4. The molecule has 32 heavy (non-hydrogen) atoms. The number of carbonyl (C=O) groups is 1. The quantitative estimate of drug-likeness (QED) is 0.641. The molecule has 2 aromatic carbocycles. The molecule has 0 radical (unpaired) electrons. The van der Waals surface area contributed by atoms with Crippen LogP contribution in [0, 0.1) is 0 Å². The van der Waals surface area contributed by atoms with E-state index in [4.69, 9.17) is 0 Å². The molecular weight excluding hydrogens is 426 g/mol. The summed E-state index contributed by atoms with van der Waals surface area (Å²) < 4.78 is 29.6. The van der Waals surface area contributed by atoms with E-state index in [-0.39, 0.29) is 10.8 Å². The number of nitrogens with one attached hydrogen (secondary N) is 1. The zero-order chi connectivity index (χ0) is 22.1. The van der Waals surface area contributed by atoms with E-state index in [1.807, 2.05) is 24.3 Å². The molecule has 3 heterocycles. The van der Waals surface area contributed by atoms with Crippen LogP contribution in [-0.2, 0) is 10.0 Å².